The smallest absolute Gasteiger partial charge is 0.291 e. The average molecular weight is 528 g/mol. The number of furan rings is 1. The Bertz CT molecular complexity index is 1830. The van der Waals surface area contributed by atoms with Gasteiger partial charge in [-0.3, -0.25) is 4.79 Å². The number of para-hydroxylation sites is 1. The summed E-state index contributed by atoms with van der Waals surface area (Å²) in [6.45, 7) is 0. The number of aromatic nitrogens is 5. The van der Waals surface area contributed by atoms with E-state index in [1.165, 1.54) is 37.2 Å². The van der Waals surface area contributed by atoms with Gasteiger partial charge in [0.2, 0.25) is 10.7 Å². The highest BCUT2D eigenvalue weighted by atomic mass is 32.1. The van der Waals surface area contributed by atoms with Gasteiger partial charge in [0.25, 0.3) is 5.56 Å². The van der Waals surface area contributed by atoms with Gasteiger partial charge in [0.15, 0.2) is 23.1 Å². The fourth-order valence-corrected chi connectivity index (χ4v) is 5.02. The SMILES string of the molecule is COc1cc(-c2nc3s/c(=C\c4cn(-c5ccccc5)nc4-c4ccco4)c(=O)n3n2)cc(OC)c1OC. The lowest BCUT2D eigenvalue weighted by Crippen LogP contribution is -2.23. The molecule has 0 unspecified atom stereocenters. The molecule has 0 bridgehead atoms. The second kappa shape index (κ2) is 9.52. The largest absolute Gasteiger partial charge is 0.493 e. The van der Waals surface area contributed by atoms with E-state index in [1.54, 1.807) is 35.2 Å². The molecule has 0 saturated carbocycles. The van der Waals surface area contributed by atoms with Crippen molar-refractivity contribution in [3.63, 3.8) is 0 Å². The molecule has 6 rings (SSSR count). The van der Waals surface area contributed by atoms with Crippen molar-refractivity contribution in [1.82, 2.24) is 24.4 Å². The third-order valence-corrected chi connectivity index (χ3v) is 6.87. The van der Waals surface area contributed by atoms with E-state index in [0.29, 0.717) is 49.6 Å². The molecule has 6 aromatic rings. The highest BCUT2D eigenvalue weighted by Gasteiger charge is 2.19. The molecular weight excluding hydrogens is 506 g/mol. The van der Waals surface area contributed by atoms with E-state index in [4.69, 9.17) is 23.7 Å². The van der Waals surface area contributed by atoms with Gasteiger partial charge in [-0.25, -0.2) is 4.68 Å². The molecule has 0 aliphatic rings. The number of nitrogens with zero attached hydrogens (tertiary/aromatic N) is 5. The first kappa shape index (κ1) is 23.5. The summed E-state index contributed by atoms with van der Waals surface area (Å²) in [6.07, 6.45) is 5.24. The maximum Gasteiger partial charge on any atom is 0.291 e. The van der Waals surface area contributed by atoms with Gasteiger partial charge in [0.1, 0.15) is 5.69 Å². The Hall–Kier alpha value is -4.90. The van der Waals surface area contributed by atoms with Crippen LogP contribution in [0, 0.1) is 0 Å². The van der Waals surface area contributed by atoms with Gasteiger partial charge in [-0.05, 0) is 42.5 Å². The first-order valence-corrected chi connectivity index (χ1v) is 12.3. The van der Waals surface area contributed by atoms with Gasteiger partial charge >= 0.3 is 0 Å². The molecule has 38 heavy (non-hydrogen) atoms. The summed E-state index contributed by atoms with van der Waals surface area (Å²) in [7, 11) is 4.61. The minimum atomic E-state index is -0.283. The van der Waals surface area contributed by atoms with Crippen molar-refractivity contribution in [3.05, 3.63) is 87.5 Å². The van der Waals surface area contributed by atoms with Crippen LogP contribution in [-0.2, 0) is 0 Å². The summed E-state index contributed by atoms with van der Waals surface area (Å²) < 4.78 is 25.4. The Labute approximate surface area is 219 Å². The Morgan fingerprint density at radius 2 is 1.71 bits per heavy atom. The monoisotopic (exact) mass is 527 g/mol. The number of hydrogen-bond acceptors (Lipinski definition) is 9. The second-order valence-electron chi connectivity index (χ2n) is 8.15. The molecule has 4 aromatic heterocycles. The molecule has 0 N–H and O–H groups in total. The standard InChI is InChI=1S/C27H21N5O5S/c1-34-20-12-16(13-21(35-2)24(20)36-3)25-28-27-32(30-25)26(33)22(38-27)14-17-15-31(18-8-5-4-6-9-18)29-23(17)19-10-7-11-37-19/h4-15H,1-3H3/b22-14-. The molecule has 0 aliphatic carbocycles. The fraction of sp³-hybridized carbons (Fsp3) is 0.111. The van der Waals surface area contributed by atoms with E-state index in [0.717, 1.165) is 11.3 Å². The van der Waals surface area contributed by atoms with Crippen LogP contribution in [0.5, 0.6) is 17.2 Å². The number of rotatable bonds is 7. The second-order valence-corrected chi connectivity index (χ2v) is 9.16. The van der Waals surface area contributed by atoms with Gasteiger partial charge in [-0.2, -0.15) is 14.6 Å². The molecule has 0 atom stereocenters. The topological polar surface area (TPSA) is 106 Å². The molecule has 0 spiro atoms. The molecule has 11 heteroatoms. The van der Waals surface area contributed by atoms with Crippen molar-refractivity contribution in [3.8, 4) is 45.8 Å². The lowest BCUT2D eigenvalue weighted by atomic mass is 10.1. The number of hydrogen-bond donors (Lipinski definition) is 0. The zero-order valence-electron chi connectivity index (χ0n) is 20.6. The predicted octanol–water partition coefficient (Wildman–Crippen LogP) is 3.84. The third kappa shape index (κ3) is 3.98. The average Bonchev–Trinajstić information content (AvgIpc) is 3.75. The Morgan fingerprint density at radius 3 is 2.34 bits per heavy atom. The van der Waals surface area contributed by atoms with E-state index in [2.05, 4.69) is 10.1 Å². The van der Waals surface area contributed by atoms with Crippen molar-refractivity contribution in [2.45, 2.75) is 0 Å². The summed E-state index contributed by atoms with van der Waals surface area (Å²) in [5, 5.41) is 9.18. The molecule has 10 nitrogen and oxygen atoms in total. The van der Waals surface area contributed by atoms with Crippen LogP contribution in [0.2, 0.25) is 0 Å². The number of methoxy groups -OCH3 is 3. The van der Waals surface area contributed by atoms with Crippen LogP contribution >= 0.6 is 11.3 Å². The maximum atomic E-state index is 13.3. The van der Waals surface area contributed by atoms with Gasteiger partial charge in [0, 0.05) is 17.3 Å². The summed E-state index contributed by atoms with van der Waals surface area (Å²) >= 11 is 1.24. The summed E-state index contributed by atoms with van der Waals surface area (Å²) in [5.74, 6) is 2.37. The minimum Gasteiger partial charge on any atom is -0.493 e. The fourth-order valence-electron chi connectivity index (χ4n) is 4.12. The summed E-state index contributed by atoms with van der Waals surface area (Å²) in [4.78, 5) is 18.4. The van der Waals surface area contributed by atoms with Crippen LogP contribution < -0.4 is 24.3 Å². The number of benzene rings is 2. The highest BCUT2D eigenvalue weighted by molar-refractivity contribution is 7.15. The van der Waals surface area contributed by atoms with Crippen LogP contribution in [-0.4, -0.2) is 45.7 Å². The lowest BCUT2D eigenvalue weighted by molar-refractivity contribution is 0.324. The van der Waals surface area contributed by atoms with Gasteiger partial charge in [-0.1, -0.05) is 29.5 Å². The molecule has 0 aliphatic heterocycles. The zero-order valence-corrected chi connectivity index (χ0v) is 21.4. The molecule has 0 fully saturated rings. The van der Waals surface area contributed by atoms with E-state index < -0.39 is 0 Å². The van der Waals surface area contributed by atoms with Crippen molar-refractivity contribution >= 4 is 22.4 Å². The third-order valence-electron chi connectivity index (χ3n) is 5.91. The quantitative estimate of drug-likeness (QED) is 0.308. The maximum absolute atomic E-state index is 13.3. The molecule has 0 amide bonds. The molecule has 0 radical (unpaired) electrons. The minimum absolute atomic E-state index is 0.283. The lowest BCUT2D eigenvalue weighted by Gasteiger charge is -2.12. The van der Waals surface area contributed by atoms with Crippen LogP contribution in [0.15, 0.2) is 76.3 Å². The number of fused-ring (bicyclic) bond motifs is 1. The molecule has 0 saturated heterocycles. The Balaban J connectivity index is 1.45. The molecule has 190 valence electrons. The van der Waals surface area contributed by atoms with Crippen molar-refractivity contribution in [2.75, 3.05) is 21.3 Å². The van der Waals surface area contributed by atoms with Crippen LogP contribution in [0.3, 0.4) is 0 Å². The van der Waals surface area contributed by atoms with Gasteiger partial charge in [-0.15, -0.1) is 5.10 Å². The molecule has 4 heterocycles. The van der Waals surface area contributed by atoms with Crippen molar-refractivity contribution in [1.29, 1.82) is 0 Å². The Kier molecular flexibility index (Phi) is 5.89. The summed E-state index contributed by atoms with van der Waals surface area (Å²) in [6, 6.07) is 16.8. The van der Waals surface area contributed by atoms with Gasteiger partial charge in [0.05, 0.1) is 37.8 Å². The van der Waals surface area contributed by atoms with E-state index in [1.807, 2.05) is 42.6 Å². The van der Waals surface area contributed by atoms with Crippen LogP contribution in [0.1, 0.15) is 5.56 Å². The molecule has 2 aromatic carbocycles. The number of thiazole rings is 1. The van der Waals surface area contributed by atoms with E-state index in [9.17, 15) is 4.79 Å². The number of ether oxygens (including phenoxy) is 3. The summed E-state index contributed by atoms with van der Waals surface area (Å²) in [5.41, 5.74) is 2.59. The van der Waals surface area contributed by atoms with Crippen molar-refractivity contribution < 1.29 is 18.6 Å². The van der Waals surface area contributed by atoms with E-state index >= 15 is 0 Å². The van der Waals surface area contributed by atoms with Crippen LogP contribution in [0.4, 0.5) is 0 Å². The Morgan fingerprint density at radius 1 is 0.947 bits per heavy atom. The highest BCUT2D eigenvalue weighted by Crippen LogP contribution is 2.40. The van der Waals surface area contributed by atoms with Crippen molar-refractivity contribution in [2.24, 2.45) is 0 Å². The van der Waals surface area contributed by atoms with Gasteiger partial charge < -0.3 is 18.6 Å². The first-order chi connectivity index (χ1) is 18.6. The normalized spacial score (nSPS) is 11.8. The zero-order chi connectivity index (χ0) is 26.2. The molecular formula is C27H21N5O5S. The van der Waals surface area contributed by atoms with E-state index in [-0.39, 0.29) is 5.56 Å². The van der Waals surface area contributed by atoms with Crippen LogP contribution in [0.25, 0.3) is 39.6 Å². The predicted molar refractivity (Wildman–Crippen MR) is 142 cm³/mol. The first-order valence-electron chi connectivity index (χ1n) is 11.5.